The molecule has 0 fully saturated rings. The fourth-order valence-corrected chi connectivity index (χ4v) is 6.95. The molecule has 50 heavy (non-hydrogen) atoms. The molecule has 0 radical (unpaired) electrons. The van der Waals surface area contributed by atoms with Gasteiger partial charge in [0.1, 0.15) is 22.3 Å². The molecule has 3 heterocycles. The summed E-state index contributed by atoms with van der Waals surface area (Å²) in [5.41, 5.74) is 10.3. The quantitative estimate of drug-likeness (QED) is 0.187. The zero-order valence-corrected chi connectivity index (χ0v) is 26.7. The SMILES string of the molecule is c1ccc(-c2cc(-c3ccc4c(c3)oc3c(-c5nc(-c6ccccc6)nc(-c6ccccc6)n5)cccc34)c3c(c2)oc2ccccc23)cc1. The van der Waals surface area contributed by atoms with E-state index in [1.54, 1.807) is 0 Å². The molecule has 10 aromatic rings. The second-order valence-corrected chi connectivity index (χ2v) is 12.4. The summed E-state index contributed by atoms with van der Waals surface area (Å²) < 4.78 is 13.2. The fourth-order valence-electron chi connectivity index (χ4n) is 6.95. The lowest BCUT2D eigenvalue weighted by Gasteiger charge is -2.09. The maximum absolute atomic E-state index is 6.76. The molecule has 0 spiro atoms. The number of rotatable bonds is 5. The Morgan fingerprint density at radius 2 is 0.920 bits per heavy atom. The third-order valence-electron chi connectivity index (χ3n) is 9.34. The number of hydrogen-bond acceptors (Lipinski definition) is 5. The van der Waals surface area contributed by atoms with Crippen LogP contribution in [0.3, 0.4) is 0 Å². The van der Waals surface area contributed by atoms with Crippen LogP contribution in [0.1, 0.15) is 0 Å². The molecule has 3 aromatic heterocycles. The Kier molecular flexibility index (Phi) is 6.42. The number of aromatic nitrogens is 3. The van der Waals surface area contributed by atoms with Crippen molar-refractivity contribution in [3.05, 3.63) is 164 Å². The minimum absolute atomic E-state index is 0.560. The molecule has 0 aliphatic heterocycles. The number of nitrogens with zero attached hydrogens (tertiary/aromatic N) is 3. The molecule has 234 valence electrons. The van der Waals surface area contributed by atoms with Gasteiger partial charge < -0.3 is 8.83 Å². The molecule has 0 saturated heterocycles. The van der Waals surface area contributed by atoms with Crippen molar-refractivity contribution in [1.82, 2.24) is 15.0 Å². The van der Waals surface area contributed by atoms with Gasteiger partial charge in [-0.3, -0.25) is 0 Å². The first kappa shape index (κ1) is 28.2. The van der Waals surface area contributed by atoms with E-state index in [4.69, 9.17) is 23.8 Å². The second kappa shape index (κ2) is 11.4. The standard InChI is InChI=1S/C45H27N3O2/c1-4-13-28(14-5-1)32-25-37(41-35-19-10-11-22-38(35)49-40(41)27-32)31-23-24-33-34-20-12-21-36(42(34)50-39(33)26-31)45-47-43(29-15-6-2-7-16-29)46-44(48-45)30-17-8-3-9-18-30/h1-27H. The van der Waals surface area contributed by atoms with Crippen molar-refractivity contribution in [3.8, 4) is 56.4 Å². The van der Waals surface area contributed by atoms with Crippen molar-refractivity contribution in [2.24, 2.45) is 0 Å². The van der Waals surface area contributed by atoms with Crippen LogP contribution in [0.15, 0.2) is 173 Å². The summed E-state index contributed by atoms with van der Waals surface area (Å²) in [4.78, 5) is 14.9. The molecule has 0 unspecified atom stereocenters. The van der Waals surface area contributed by atoms with Crippen molar-refractivity contribution in [3.63, 3.8) is 0 Å². The van der Waals surface area contributed by atoms with Crippen LogP contribution < -0.4 is 0 Å². The third kappa shape index (κ3) is 4.67. The zero-order chi connectivity index (χ0) is 33.0. The Bertz CT molecular complexity index is 2800. The molecular formula is C45H27N3O2. The number of furan rings is 2. The average Bonchev–Trinajstić information content (AvgIpc) is 3.76. The van der Waals surface area contributed by atoms with E-state index in [0.29, 0.717) is 17.5 Å². The summed E-state index contributed by atoms with van der Waals surface area (Å²) in [6.07, 6.45) is 0. The van der Waals surface area contributed by atoms with E-state index < -0.39 is 0 Å². The predicted octanol–water partition coefficient (Wildman–Crippen LogP) is 12.0. The minimum Gasteiger partial charge on any atom is -0.456 e. The van der Waals surface area contributed by atoms with Crippen LogP contribution in [0.4, 0.5) is 0 Å². The first-order valence-electron chi connectivity index (χ1n) is 16.6. The van der Waals surface area contributed by atoms with Crippen molar-refractivity contribution in [2.75, 3.05) is 0 Å². The zero-order valence-electron chi connectivity index (χ0n) is 26.7. The molecule has 5 heteroatoms. The number of fused-ring (bicyclic) bond motifs is 6. The van der Waals surface area contributed by atoms with Crippen molar-refractivity contribution in [2.45, 2.75) is 0 Å². The van der Waals surface area contributed by atoms with Crippen molar-refractivity contribution < 1.29 is 8.83 Å². The van der Waals surface area contributed by atoms with Gasteiger partial charge in [0.15, 0.2) is 17.5 Å². The largest absolute Gasteiger partial charge is 0.456 e. The van der Waals surface area contributed by atoms with E-state index in [2.05, 4.69) is 72.8 Å². The summed E-state index contributed by atoms with van der Waals surface area (Å²) >= 11 is 0. The lowest BCUT2D eigenvalue weighted by Crippen LogP contribution is -2.00. The first-order chi connectivity index (χ1) is 24.8. The molecule has 0 saturated carbocycles. The predicted molar refractivity (Wildman–Crippen MR) is 202 cm³/mol. The molecule has 0 bridgehead atoms. The van der Waals surface area contributed by atoms with E-state index in [-0.39, 0.29) is 0 Å². The van der Waals surface area contributed by atoms with Gasteiger partial charge in [-0.1, -0.05) is 127 Å². The van der Waals surface area contributed by atoms with Crippen molar-refractivity contribution >= 4 is 43.9 Å². The highest BCUT2D eigenvalue weighted by Crippen LogP contribution is 2.42. The second-order valence-electron chi connectivity index (χ2n) is 12.4. The van der Waals surface area contributed by atoms with E-state index in [1.165, 1.54) is 0 Å². The highest BCUT2D eigenvalue weighted by atomic mass is 16.3. The maximum Gasteiger partial charge on any atom is 0.167 e. The van der Waals surface area contributed by atoms with Gasteiger partial charge in [0.25, 0.3) is 0 Å². The molecule has 5 nitrogen and oxygen atoms in total. The van der Waals surface area contributed by atoms with Crippen LogP contribution in [-0.2, 0) is 0 Å². The van der Waals surface area contributed by atoms with Crippen LogP contribution in [0.5, 0.6) is 0 Å². The maximum atomic E-state index is 6.76. The third-order valence-corrected chi connectivity index (χ3v) is 9.34. The monoisotopic (exact) mass is 641 g/mol. The van der Waals surface area contributed by atoms with Crippen molar-refractivity contribution in [1.29, 1.82) is 0 Å². The van der Waals surface area contributed by atoms with Crippen LogP contribution >= 0.6 is 0 Å². The molecular weight excluding hydrogens is 615 g/mol. The highest BCUT2D eigenvalue weighted by molar-refractivity contribution is 6.15. The van der Waals surface area contributed by atoms with E-state index in [1.807, 2.05) is 91.0 Å². The van der Waals surface area contributed by atoms with Gasteiger partial charge in [-0.25, -0.2) is 15.0 Å². The van der Waals surface area contributed by atoms with Gasteiger partial charge in [0, 0.05) is 32.7 Å². The summed E-state index contributed by atoms with van der Waals surface area (Å²) in [6, 6.07) is 55.7. The summed E-state index contributed by atoms with van der Waals surface area (Å²) in [7, 11) is 0. The van der Waals surface area contributed by atoms with Crippen LogP contribution in [-0.4, -0.2) is 15.0 Å². The van der Waals surface area contributed by atoms with Crippen LogP contribution in [0, 0.1) is 0 Å². The first-order valence-corrected chi connectivity index (χ1v) is 16.6. The fraction of sp³-hybridized carbons (Fsp3) is 0. The Balaban J connectivity index is 1.17. The summed E-state index contributed by atoms with van der Waals surface area (Å²) in [5, 5.41) is 4.20. The topological polar surface area (TPSA) is 65.0 Å². The smallest absolute Gasteiger partial charge is 0.167 e. The van der Waals surface area contributed by atoms with Gasteiger partial charge in [0.05, 0.1) is 5.56 Å². The number of hydrogen-bond donors (Lipinski definition) is 0. The van der Waals surface area contributed by atoms with Gasteiger partial charge in [-0.2, -0.15) is 0 Å². The van der Waals surface area contributed by atoms with Gasteiger partial charge in [-0.15, -0.1) is 0 Å². The Hall–Kier alpha value is -6.85. The summed E-state index contributed by atoms with van der Waals surface area (Å²) in [5.74, 6) is 1.78. The van der Waals surface area contributed by atoms with E-state index >= 15 is 0 Å². The number of benzene rings is 7. The van der Waals surface area contributed by atoms with E-state index in [9.17, 15) is 0 Å². The van der Waals surface area contributed by atoms with Crippen LogP contribution in [0.2, 0.25) is 0 Å². The lowest BCUT2D eigenvalue weighted by molar-refractivity contribution is 0.668. The molecule has 0 amide bonds. The normalized spacial score (nSPS) is 11.6. The Labute approximate surface area is 287 Å². The number of para-hydroxylation sites is 2. The minimum atomic E-state index is 0.560. The lowest BCUT2D eigenvalue weighted by atomic mass is 9.94. The molecule has 7 aromatic carbocycles. The molecule has 0 N–H and O–H groups in total. The molecule has 0 atom stereocenters. The van der Waals surface area contributed by atoms with Crippen LogP contribution in [0.25, 0.3) is 100 Å². The molecule has 0 aliphatic carbocycles. The van der Waals surface area contributed by atoms with Gasteiger partial charge in [0.2, 0.25) is 0 Å². The highest BCUT2D eigenvalue weighted by Gasteiger charge is 2.20. The Morgan fingerprint density at radius 3 is 1.64 bits per heavy atom. The van der Waals surface area contributed by atoms with Gasteiger partial charge >= 0.3 is 0 Å². The van der Waals surface area contributed by atoms with E-state index in [0.717, 1.165) is 82.8 Å². The molecule has 0 aliphatic rings. The summed E-state index contributed by atoms with van der Waals surface area (Å²) in [6.45, 7) is 0. The van der Waals surface area contributed by atoms with Gasteiger partial charge in [-0.05, 0) is 58.7 Å². The molecule has 10 rings (SSSR count). The average molecular weight is 642 g/mol. The Morgan fingerprint density at radius 1 is 0.320 bits per heavy atom.